The zero-order chi connectivity index (χ0) is 14.1. The molecular formula is C15H19ClN2O2. The molecule has 5 heteroatoms. The normalized spacial score (nSPS) is 22.6. The van der Waals surface area contributed by atoms with E-state index in [1.54, 1.807) is 14.2 Å². The molecule has 108 valence electrons. The van der Waals surface area contributed by atoms with Crippen molar-refractivity contribution in [3.05, 3.63) is 24.0 Å². The highest BCUT2D eigenvalue weighted by Gasteiger charge is 2.31. The van der Waals surface area contributed by atoms with Crippen LogP contribution in [-0.2, 0) is 10.6 Å². The summed E-state index contributed by atoms with van der Waals surface area (Å²) in [6, 6.07) is 6.26. The van der Waals surface area contributed by atoms with Gasteiger partial charge in [0.15, 0.2) is 0 Å². The van der Waals surface area contributed by atoms with Crippen LogP contribution in [0.5, 0.6) is 5.75 Å². The fourth-order valence-electron chi connectivity index (χ4n) is 3.19. The van der Waals surface area contributed by atoms with Crippen LogP contribution in [0.25, 0.3) is 11.0 Å². The third-order valence-corrected chi connectivity index (χ3v) is 4.38. The van der Waals surface area contributed by atoms with Crippen LogP contribution in [0.2, 0.25) is 0 Å². The van der Waals surface area contributed by atoms with Gasteiger partial charge in [-0.25, -0.2) is 4.98 Å². The topological polar surface area (TPSA) is 36.3 Å². The maximum Gasteiger partial charge on any atom is 0.125 e. The average molecular weight is 295 g/mol. The van der Waals surface area contributed by atoms with Gasteiger partial charge in [0.25, 0.3) is 0 Å². The summed E-state index contributed by atoms with van der Waals surface area (Å²) in [5, 5.41) is 0. The summed E-state index contributed by atoms with van der Waals surface area (Å²) >= 11 is 6.09. The highest BCUT2D eigenvalue weighted by Crippen LogP contribution is 2.36. The Hall–Kier alpha value is -1.26. The van der Waals surface area contributed by atoms with E-state index in [1.165, 1.54) is 6.42 Å². The van der Waals surface area contributed by atoms with Crippen molar-refractivity contribution in [1.29, 1.82) is 0 Å². The molecule has 1 saturated carbocycles. The van der Waals surface area contributed by atoms with Crippen molar-refractivity contribution in [2.24, 2.45) is 0 Å². The van der Waals surface area contributed by atoms with E-state index < -0.39 is 0 Å². The molecule has 1 aromatic carbocycles. The van der Waals surface area contributed by atoms with Gasteiger partial charge in [0.05, 0.1) is 36.2 Å². The Kier molecular flexibility index (Phi) is 3.85. The second-order valence-corrected chi connectivity index (χ2v) is 5.43. The molecule has 0 aliphatic heterocycles. The summed E-state index contributed by atoms with van der Waals surface area (Å²) in [4.78, 5) is 4.64. The lowest BCUT2D eigenvalue weighted by Gasteiger charge is -2.22. The number of halogens is 1. The van der Waals surface area contributed by atoms with Gasteiger partial charge in [-0.05, 0) is 31.4 Å². The molecule has 1 aliphatic rings. The quantitative estimate of drug-likeness (QED) is 0.810. The minimum absolute atomic E-state index is 0.237. The van der Waals surface area contributed by atoms with Crippen LogP contribution < -0.4 is 4.74 Å². The third-order valence-electron chi connectivity index (χ3n) is 4.14. The SMILES string of the molecule is COc1ccc2nc(CCl)n(C3CCCC3OC)c2c1. The Morgan fingerprint density at radius 1 is 1.35 bits per heavy atom. The molecule has 0 bridgehead atoms. The van der Waals surface area contributed by atoms with Crippen molar-refractivity contribution in [3.63, 3.8) is 0 Å². The largest absolute Gasteiger partial charge is 0.497 e. The highest BCUT2D eigenvalue weighted by molar-refractivity contribution is 6.16. The van der Waals surface area contributed by atoms with Crippen molar-refractivity contribution in [2.75, 3.05) is 14.2 Å². The van der Waals surface area contributed by atoms with E-state index in [-0.39, 0.29) is 6.10 Å². The summed E-state index contributed by atoms with van der Waals surface area (Å²) < 4.78 is 13.2. The van der Waals surface area contributed by atoms with Gasteiger partial charge in [0, 0.05) is 13.2 Å². The number of imidazole rings is 1. The molecule has 0 spiro atoms. The van der Waals surface area contributed by atoms with Crippen molar-refractivity contribution in [3.8, 4) is 5.75 Å². The number of methoxy groups -OCH3 is 2. The lowest BCUT2D eigenvalue weighted by molar-refractivity contribution is 0.0755. The first kappa shape index (κ1) is 13.7. The first-order chi connectivity index (χ1) is 9.78. The molecule has 2 aromatic rings. The van der Waals surface area contributed by atoms with Crippen LogP contribution in [0, 0.1) is 0 Å². The van der Waals surface area contributed by atoms with Gasteiger partial charge in [-0.15, -0.1) is 11.6 Å². The van der Waals surface area contributed by atoms with Gasteiger partial charge >= 0.3 is 0 Å². The molecule has 1 aliphatic carbocycles. The fraction of sp³-hybridized carbons (Fsp3) is 0.533. The Morgan fingerprint density at radius 3 is 2.90 bits per heavy atom. The van der Waals surface area contributed by atoms with E-state index >= 15 is 0 Å². The van der Waals surface area contributed by atoms with Crippen LogP contribution in [0.4, 0.5) is 0 Å². The van der Waals surface area contributed by atoms with E-state index in [1.807, 2.05) is 18.2 Å². The maximum atomic E-state index is 6.09. The average Bonchev–Trinajstić information content (AvgIpc) is 3.08. The predicted molar refractivity (Wildman–Crippen MR) is 79.5 cm³/mol. The highest BCUT2D eigenvalue weighted by atomic mass is 35.5. The van der Waals surface area contributed by atoms with E-state index in [0.717, 1.165) is 35.4 Å². The zero-order valence-electron chi connectivity index (χ0n) is 11.8. The Bertz CT molecular complexity index is 611. The Balaban J connectivity index is 2.15. The number of fused-ring (bicyclic) bond motifs is 1. The Morgan fingerprint density at radius 2 is 2.20 bits per heavy atom. The lowest BCUT2D eigenvalue weighted by atomic mass is 10.2. The summed E-state index contributed by atoms with van der Waals surface area (Å²) in [6.07, 6.45) is 3.60. The lowest BCUT2D eigenvalue weighted by Crippen LogP contribution is -2.22. The summed E-state index contributed by atoms with van der Waals surface area (Å²) in [6.45, 7) is 0. The maximum absolute atomic E-state index is 6.09. The van der Waals surface area contributed by atoms with E-state index in [4.69, 9.17) is 21.1 Å². The number of ether oxygens (including phenoxy) is 2. The minimum atomic E-state index is 0.237. The molecular weight excluding hydrogens is 276 g/mol. The summed E-state index contributed by atoms with van der Waals surface area (Å²) in [5.41, 5.74) is 2.04. The summed E-state index contributed by atoms with van der Waals surface area (Å²) in [5.74, 6) is 2.15. The predicted octanol–water partition coefficient (Wildman–Crippen LogP) is 3.52. The van der Waals surface area contributed by atoms with Gasteiger partial charge in [0.2, 0.25) is 0 Å². The van der Waals surface area contributed by atoms with Gasteiger partial charge < -0.3 is 14.0 Å². The molecule has 0 saturated heterocycles. The molecule has 2 unspecified atom stereocenters. The molecule has 3 rings (SSSR count). The van der Waals surface area contributed by atoms with E-state index in [0.29, 0.717) is 11.9 Å². The van der Waals surface area contributed by atoms with Crippen molar-refractivity contribution < 1.29 is 9.47 Å². The molecule has 4 nitrogen and oxygen atoms in total. The number of benzene rings is 1. The van der Waals surface area contributed by atoms with Crippen molar-refractivity contribution in [2.45, 2.75) is 37.3 Å². The second kappa shape index (κ2) is 5.62. The van der Waals surface area contributed by atoms with Gasteiger partial charge in [0.1, 0.15) is 11.6 Å². The van der Waals surface area contributed by atoms with Gasteiger partial charge in [-0.1, -0.05) is 0 Å². The third kappa shape index (κ3) is 2.17. The van der Waals surface area contributed by atoms with Gasteiger partial charge in [-0.2, -0.15) is 0 Å². The smallest absolute Gasteiger partial charge is 0.125 e. The van der Waals surface area contributed by atoms with Crippen LogP contribution in [-0.4, -0.2) is 29.9 Å². The first-order valence-electron chi connectivity index (χ1n) is 6.92. The molecule has 0 N–H and O–H groups in total. The summed E-state index contributed by atoms with van der Waals surface area (Å²) in [7, 11) is 3.46. The molecule has 20 heavy (non-hydrogen) atoms. The number of hydrogen-bond acceptors (Lipinski definition) is 3. The fourth-order valence-corrected chi connectivity index (χ4v) is 3.38. The Labute approximate surface area is 123 Å². The number of rotatable bonds is 4. The molecule has 0 amide bonds. The number of alkyl halides is 1. The van der Waals surface area contributed by atoms with Crippen molar-refractivity contribution >= 4 is 22.6 Å². The number of aromatic nitrogens is 2. The van der Waals surface area contributed by atoms with Crippen molar-refractivity contribution in [1.82, 2.24) is 9.55 Å². The minimum Gasteiger partial charge on any atom is -0.497 e. The van der Waals surface area contributed by atoms with Crippen LogP contribution in [0.15, 0.2) is 18.2 Å². The number of hydrogen-bond donors (Lipinski definition) is 0. The van der Waals surface area contributed by atoms with E-state index in [9.17, 15) is 0 Å². The monoisotopic (exact) mass is 294 g/mol. The molecule has 0 radical (unpaired) electrons. The molecule has 1 fully saturated rings. The van der Waals surface area contributed by atoms with Crippen LogP contribution in [0.3, 0.4) is 0 Å². The van der Waals surface area contributed by atoms with Crippen LogP contribution in [0.1, 0.15) is 31.1 Å². The number of nitrogens with zero attached hydrogens (tertiary/aromatic N) is 2. The van der Waals surface area contributed by atoms with Gasteiger partial charge in [-0.3, -0.25) is 0 Å². The standard InChI is InChI=1S/C15H19ClN2O2/c1-19-10-6-7-11-13(8-10)18(15(9-16)17-11)12-4-3-5-14(12)20-2/h6-8,12,14H,3-5,9H2,1-2H3. The molecule has 1 aromatic heterocycles. The second-order valence-electron chi connectivity index (χ2n) is 5.16. The first-order valence-corrected chi connectivity index (χ1v) is 7.45. The van der Waals surface area contributed by atoms with E-state index in [2.05, 4.69) is 9.55 Å². The zero-order valence-corrected chi connectivity index (χ0v) is 12.6. The molecule has 2 atom stereocenters. The van der Waals surface area contributed by atoms with Crippen LogP contribution >= 0.6 is 11.6 Å². The molecule has 1 heterocycles.